The summed E-state index contributed by atoms with van der Waals surface area (Å²) in [4.78, 5) is 37.7. The van der Waals surface area contributed by atoms with Gasteiger partial charge < -0.3 is 25.4 Å². The van der Waals surface area contributed by atoms with E-state index in [1.807, 2.05) is 24.3 Å². The van der Waals surface area contributed by atoms with Gasteiger partial charge in [0.05, 0.1) is 17.6 Å². The zero-order chi connectivity index (χ0) is 27.9. The van der Waals surface area contributed by atoms with Crippen LogP contribution in [0.4, 0.5) is 13.6 Å². The van der Waals surface area contributed by atoms with E-state index in [-0.39, 0.29) is 24.9 Å². The fraction of sp³-hybridized carbons (Fsp3) is 0.464. The molecular formula is C28H32ClF2N3O5. The Morgan fingerprint density at radius 2 is 1.54 bits per heavy atom. The third-order valence-corrected chi connectivity index (χ3v) is 7.67. The van der Waals surface area contributed by atoms with E-state index in [1.54, 1.807) is 4.90 Å². The van der Waals surface area contributed by atoms with Gasteiger partial charge in [0.15, 0.2) is 11.6 Å². The van der Waals surface area contributed by atoms with Crippen LogP contribution in [0.3, 0.4) is 0 Å². The van der Waals surface area contributed by atoms with Crippen LogP contribution >= 0.6 is 11.6 Å². The lowest BCUT2D eigenvalue weighted by molar-refractivity contribution is -0.143. The summed E-state index contributed by atoms with van der Waals surface area (Å²) >= 11 is 5.95. The van der Waals surface area contributed by atoms with Crippen LogP contribution in [0.2, 0.25) is 5.02 Å². The van der Waals surface area contributed by atoms with Crippen molar-refractivity contribution in [2.24, 2.45) is 5.92 Å². The first-order valence-electron chi connectivity index (χ1n) is 13.2. The number of piperidine rings is 1. The van der Waals surface area contributed by atoms with E-state index in [4.69, 9.17) is 21.4 Å². The molecule has 210 valence electrons. The molecule has 1 aliphatic carbocycles. The molecule has 39 heavy (non-hydrogen) atoms. The predicted molar refractivity (Wildman–Crippen MR) is 141 cm³/mol. The van der Waals surface area contributed by atoms with Crippen LogP contribution in [0.1, 0.15) is 60.4 Å². The highest BCUT2D eigenvalue weighted by atomic mass is 35.5. The number of rotatable bonds is 8. The van der Waals surface area contributed by atoms with Gasteiger partial charge in [0.25, 0.3) is 5.91 Å². The first kappa shape index (κ1) is 28.6. The average Bonchev–Trinajstić information content (AvgIpc) is 2.94. The summed E-state index contributed by atoms with van der Waals surface area (Å²) in [6.07, 6.45) is 2.91. The van der Waals surface area contributed by atoms with Crippen molar-refractivity contribution in [3.8, 4) is 5.75 Å². The molecule has 11 heteroatoms. The molecule has 0 radical (unpaired) electrons. The Labute approximate surface area is 230 Å². The number of nitrogens with zero attached hydrogens (tertiary/aromatic N) is 1. The predicted octanol–water partition coefficient (Wildman–Crippen LogP) is 4.96. The largest absolute Gasteiger partial charge is 0.487 e. The van der Waals surface area contributed by atoms with E-state index in [0.29, 0.717) is 49.7 Å². The molecule has 2 aromatic rings. The van der Waals surface area contributed by atoms with Crippen molar-refractivity contribution in [2.75, 3.05) is 26.2 Å². The highest BCUT2D eigenvalue weighted by molar-refractivity contribution is 6.30. The number of likely N-dealkylation sites (tertiary alicyclic amines) is 1. The minimum atomic E-state index is -1.32. The van der Waals surface area contributed by atoms with Gasteiger partial charge in [0.2, 0.25) is 5.82 Å². The summed E-state index contributed by atoms with van der Waals surface area (Å²) in [5.74, 6) is -4.65. The molecule has 2 aromatic carbocycles. The molecule has 0 unspecified atom stereocenters. The number of halogens is 3. The Morgan fingerprint density at radius 3 is 2.18 bits per heavy atom. The summed E-state index contributed by atoms with van der Waals surface area (Å²) in [6, 6.07) is 9.86. The van der Waals surface area contributed by atoms with Crippen molar-refractivity contribution in [3.63, 3.8) is 0 Å². The van der Waals surface area contributed by atoms with Crippen LogP contribution in [-0.4, -0.2) is 60.2 Å². The maximum absolute atomic E-state index is 14.6. The number of carboxylic acids is 1. The van der Waals surface area contributed by atoms with Crippen molar-refractivity contribution in [3.05, 3.63) is 64.2 Å². The third kappa shape index (κ3) is 7.38. The molecule has 0 bridgehead atoms. The molecule has 1 aliphatic heterocycles. The first-order valence-corrected chi connectivity index (χ1v) is 13.5. The molecule has 0 atom stereocenters. The van der Waals surface area contributed by atoms with E-state index >= 15 is 0 Å². The third-order valence-electron chi connectivity index (χ3n) is 7.42. The number of hydrogen-bond donors (Lipinski definition) is 3. The van der Waals surface area contributed by atoms with E-state index < -0.39 is 41.1 Å². The maximum atomic E-state index is 14.6. The Balaban J connectivity index is 1.19. The number of carboxylic acid groups (broad SMARTS) is 1. The van der Waals surface area contributed by atoms with Crippen molar-refractivity contribution < 1.29 is 33.0 Å². The standard InChI is InChI=1S/C28H32ClF2N3O5/c29-20-5-1-17(2-6-20)18-11-15-34(16-12-18)28(38)33-14-13-32-26(35)22-9-10-23(25(31)24(22)30)39-21-7-3-19(4-8-21)27(36)37/h1-2,5-6,9-10,18-19,21H,3-4,7-8,11-16H2,(H,32,35)(H,33,38)(H,36,37)/t19-,21+. The monoisotopic (exact) mass is 563 g/mol. The van der Waals surface area contributed by atoms with Gasteiger partial charge in [-0.1, -0.05) is 23.7 Å². The van der Waals surface area contributed by atoms with Gasteiger partial charge in [-0.05, 0) is 74.3 Å². The maximum Gasteiger partial charge on any atom is 0.317 e. The second-order valence-electron chi connectivity index (χ2n) is 9.97. The summed E-state index contributed by atoms with van der Waals surface area (Å²) in [7, 11) is 0. The minimum Gasteiger partial charge on any atom is -0.487 e. The molecule has 2 fully saturated rings. The number of benzene rings is 2. The van der Waals surface area contributed by atoms with Gasteiger partial charge in [0, 0.05) is 31.2 Å². The zero-order valence-corrected chi connectivity index (χ0v) is 22.2. The quantitative estimate of drug-likeness (QED) is 0.394. The highest BCUT2D eigenvalue weighted by Gasteiger charge is 2.29. The Kier molecular flexibility index (Phi) is 9.61. The van der Waals surface area contributed by atoms with Crippen LogP contribution in [-0.2, 0) is 4.79 Å². The summed E-state index contributed by atoms with van der Waals surface area (Å²) in [5, 5.41) is 15.0. The smallest absolute Gasteiger partial charge is 0.317 e. The van der Waals surface area contributed by atoms with Crippen molar-refractivity contribution in [1.29, 1.82) is 0 Å². The number of urea groups is 1. The second kappa shape index (κ2) is 13.1. The van der Waals surface area contributed by atoms with Crippen LogP contribution < -0.4 is 15.4 Å². The highest BCUT2D eigenvalue weighted by Crippen LogP contribution is 2.31. The molecule has 1 saturated heterocycles. The lowest BCUT2D eigenvalue weighted by atomic mass is 9.87. The van der Waals surface area contributed by atoms with Gasteiger partial charge in [-0.3, -0.25) is 9.59 Å². The number of hydrogen-bond acceptors (Lipinski definition) is 4. The summed E-state index contributed by atoms with van der Waals surface area (Å²) < 4.78 is 34.8. The molecule has 0 aromatic heterocycles. The molecule has 1 heterocycles. The molecule has 2 aliphatic rings. The minimum absolute atomic E-state index is 0.0396. The number of aliphatic carboxylic acids is 1. The van der Waals surface area contributed by atoms with E-state index in [1.165, 1.54) is 11.6 Å². The van der Waals surface area contributed by atoms with Crippen LogP contribution in [0.5, 0.6) is 5.75 Å². The molecule has 3 N–H and O–H groups in total. The van der Waals surface area contributed by atoms with E-state index in [0.717, 1.165) is 18.9 Å². The molecule has 3 amide bonds. The van der Waals surface area contributed by atoms with Crippen molar-refractivity contribution >= 4 is 29.5 Å². The molecule has 8 nitrogen and oxygen atoms in total. The molecule has 0 spiro atoms. The normalized spacial score (nSPS) is 19.8. The van der Waals surface area contributed by atoms with Crippen molar-refractivity contribution in [1.82, 2.24) is 15.5 Å². The zero-order valence-electron chi connectivity index (χ0n) is 21.4. The van der Waals surface area contributed by atoms with Gasteiger partial charge in [-0.25, -0.2) is 9.18 Å². The lowest BCUT2D eigenvalue weighted by Gasteiger charge is -2.32. The Morgan fingerprint density at radius 1 is 0.897 bits per heavy atom. The fourth-order valence-corrected chi connectivity index (χ4v) is 5.23. The molecular weight excluding hydrogens is 532 g/mol. The number of nitrogens with one attached hydrogen (secondary N) is 2. The van der Waals surface area contributed by atoms with Crippen molar-refractivity contribution in [2.45, 2.75) is 50.5 Å². The topological polar surface area (TPSA) is 108 Å². The second-order valence-corrected chi connectivity index (χ2v) is 10.4. The number of carbonyl (C=O) groups is 3. The van der Waals surface area contributed by atoms with Crippen LogP contribution in [0.15, 0.2) is 36.4 Å². The molecule has 1 saturated carbocycles. The lowest BCUT2D eigenvalue weighted by Crippen LogP contribution is -2.46. The number of ether oxygens (including phenoxy) is 1. The van der Waals surface area contributed by atoms with Gasteiger partial charge in [-0.15, -0.1) is 0 Å². The van der Waals surface area contributed by atoms with Gasteiger partial charge >= 0.3 is 12.0 Å². The van der Waals surface area contributed by atoms with E-state index in [2.05, 4.69) is 10.6 Å². The fourth-order valence-electron chi connectivity index (χ4n) is 5.11. The number of amides is 3. The SMILES string of the molecule is O=C(NCCNC(=O)N1CCC(c2ccc(Cl)cc2)CC1)c1ccc(O[C@H]2CC[C@@H](C(=O)O)CC2)c(F)c1F. The Hall–Kier alpha value is -3.40. The Bertz CT molecular complexity index is 1180. The van der Waals surface area contributed by atoms with Crippen LogP contribution in [0, 0.1) is 17.6 Å². The van der Waals surface area contributed by atoms with Crippen LogP contribution in [0.25, 0.3) is 0 Å². The van der Waals surface area contributed by atoms with E-state index in [9.17, 15) is 23.2 Å². The van der Waals surface area contributed by atoms with Gasteiger partial charge in [-0.2, -0.15) is 4.39 Å². The van der Waals surface area contributed by atoms with Gasteiger partial charge in [0.1, 0.15) is 0 Å². The average molecular weight is 564 g/mol. The number of carbonyl (C=O) groups excluding carboxylic acids is 2. The summed E-state index contributed by atoms with van der Waals surface area (Å²) in [6.45, 7) is 1.38. The summed E-state index contributed by atoms with van der Waals surface area (Å²) in [5.41, 5.74) is 0.735. The molecule has 4 rings (SSSR count). The first-order chi connectivity index (χ1) is 18.7.